The van der Waals surface area contributed by atoms with Crippen LogP contribution in [0.1, 0.15) is 35.2 Å². The number of pyridine rings is 1. The van der Waals surface area contributed by atoms with Crippen molar-refractivity contribution in [2.24, 2.45) is 4.99 Å². The molecule has 4 aromatic rings. The first-order valence-electron chi connectivity index (χ1n) is 15.0. The number of likely N-dealkylation sites (N-methyl/N-ethyl adjacent to an activating group) is 1. The van der Waals surface area contributed by atoms with E-state index in [4.69, 9.17) is 18.6 Å². The number of likely N-dealkylation sites (tertiary alicyclic amines) is 1. The third-order valence-corrected chi connectivity index (χ3v) is 8.43. The number of aliphatic hydroxyl groups excluding tert-OH is 1. The first-order chi connectivity index (χ1) is 21.5. The number of aromatic nitrogens is 1. The molecule has 10 nitrogen and oxygen atoms in total. The summed E-state index contributed by atoms with van der Waals surface area (Å²) in [4.78, 5) is 23.9. The summed E-state index contributed by atoms with van der Waals surface area (Å²) in [5, 5.41) is 12.6. The second kappa shape index (κ2) is 13.2. The number of aliphatic hydroxyl groups is 1. The average Bonchev–Trinajstić information content (AvgIpc) is 3.64. The van der Waals surface area contributed by atoms with E-state index in [1.165, 1.54) is 0 Å². The number of ether oxygens (including phenoxy) is 3. The number of nitrogens with zero attached hydrogens (tertiary/aromatic N) is 3. The van der Waals surface area contributed by atoms with Gasteiger partial charge in [-0.2, -0.15) is 0 Å². The molecule has 0 aliphatic carbocycles. The van der Waals surface area contributed by atoms with Gasteiger partial charge in [-0.05, 0) is 55.4 Å². The number of hydrogen-bond donors (Lipinski definition) is 2. The molecule has 4 heterocycles. The van der Waals surface area contributed by atoms with Crippen molar-refractivity contribution in [1.29, 1.82) is 0 Å². The SMILES string of the molecule is CN=Cc1cc(-c2ccnc3cc(-c4ccc(C(=O)N[C@@H]5C[C@@H](CO)N(C)C5)cc4OC)oc23)ccc1OC1CCOCC1. The predicted octanol–water partition coefficient (Wildman–Crippen LogP) is 4.57. The van der Waals surface area contributed by atoms with Crippen LogP contribution in [0.5, 0.6) is 11.5 Å². The summed E-state index contributed by atoms with van der Waals surface area (Å²) in [7, 11) is 5.27. The van der Waals surface area contributed by atoms with Crippen LogP contribution in [0.3, 0.4) is 0 Å². The maximum atomic E-state index is 13.1. The van der Waals surface area contributed by atoms with Gasteiger partial charge in [0.25, 0.3) is 5.91 Å². The summed E-state index contributed by atoms with van der Waals surface area (Å²) in [5.74, 6) is 1.71. The summed E-state index contributed by atoms with van der Waals surface area (Å²) < 4.78 is 23.9. The fourth-order valence-electron chi connectivity index (χ4n) is 6.04. The van der Waals surface area contributed by atoms with E-state index in [9.17, 15) is 9.90 Å². The van der Waals surface area contributed by atoms with Crippen LogP contribution in [0, 0.1) is 0 Å². The van der Waals surface area contributed by atoms with Crippen molar-refractivity contribution in [3.05, 3.63) is 65.9 Å². The van der Waals surface area contributed by atoms with Crippen LogP contribution in [-0.2, 0) is 4.74 Å². The van der Waals surface area contributed by atoms with Crippen LogP contribution < -0.4 is 14.8 Å². The highest BCUT2D eigenvalue weighted by Gasteiger charge is 2.30. The lowest BCUT2D eigenvalue weighted by atomic mass is 10.0. The summed E-state index contributed by atoms with van der Waals surface area (Å²) >= 11 is 0. The molecule has 2 aromatic heterocycles. The number of fused-ring (bicyclic) bond motifs is 1. The van der Waals surface area contributed by atoms with Crippen LogP contribution in [0.15, 0.2) is 64.1 Å². The number of carbonyl (C=O) groups excluding carboxylic acids is 1. The largest absolute Gasteiger partial charge is 0.496 e. The Hall–Kier alpha value is -4.25. The Morgan fingerprint density at radius 1 is 1.14 bits per heavy atom. The van der Waals surface area contributed by atoms with Crippen molar-refractivity contribution in [3.63, 3.8) is 0 Å². The Morgan fingerprint density at radius 2 is 1.98 bits per heavy atom. The molecular formula is C34H38N4O6. The molecule has 0 bridgehead atoms. The highest BCUT2D eigenvalue weighted by molar-refractivity contribution is 5.97. The first-order valence-corrected chi connectivity index (χ1v) is 15.0. The molecule has 10 heteroatoms. The predicted molar refractivity (Wildman–Crippen MR) is 169 cm³/mol. The molecule has 2 fully saturated rings. The lowest BCUT2D eigenvalue weighted by Crippen LogP contribution is -2.36. The lowest BCUT2D eigenvalue weighted by Gasteiger charge is -2.24. The second-order valence-corrected chi connectivity index (χ2v) is 11.4. The summed E-state index contributed by atoms with van der Waals surface area (Å²) in [6.07, 6.45) is 6.13. The van der Waals surface area contributed by atoms with Crippen molar-refractivity contribution in [1.82, 2.24) is 15.2 Å². The van der Waals surface area contributed by atoms with Gasteiger partial charge < -0.3 is 29.1 Å². The Bertz CT molecular complexity index is 1660. The number of aliphatic imine (C=N–C) groups is 1. The Kier molecular flexibility index (Phi) is 8.92. The molecule has 2 aliphatic heterocycles. The van der Waals surface area contributed by atoms with E-state index in [2.05, 4.69) is 26.3 Å². The summed E-state index contributed by atoms with van der Waals surface area (Å²) in [6, 6.07) is 15.2. The zero-order valence-corrected chi connectivity index (χ0v) is 25.3. The van der Waals surface area contributed by atoms with Gasteiger partial charge in [0.2, 0.25) is 0 Å². The highest BCUT2D eigenvalue weighted by Crippen LogP contribution is 2.38. The van der Waals surface area contributed by atoms with Gasteiger partial charge in [-0.1, -0.05) is 6.07 Å². The van der Waals surface area contributed by atoms with Gasteiger partial charge in [-0.25, -0.2) is 0 Å². The third kappa shape index (κ3) is 6.19. The smallest absolute Gasteiger partial charge is 0.251 e. The molecule has 2 aromatic carbocycles. The fourth-order valence-corrected chi connectivity index (χ4v) is 6.04. The molecule has 6 rings (SSSR count). The van der Waals surface area contributed by atoms with E-state index < -0.39 is 0 Å². The van der Waals surface area contributed by atoms with Gasteiger partial charge in [0, 0.05) is 73.7 Å². The van der Waals surface area contributed by atoms with E-state index in [1.807, 2.05) is 43.6 Å². The Labute approximate surface area is 256 Å². The van der Waals surface area contributed by atoms with Gasteiger partial charge in [0.05, 0.1) is 32.5 Å². The van der Waals surface area contributed by atoms with Crippen LogP contribution in [0.25, 0.3) is 33.6 Å². The molecule has 230 valence electrons. The van der Waals surface area contributed by atoms with E-state index in [0.717, 1.165) is 35.3 Å². The Morgan fingerprint density at radius 3 is 2.73 bits per heavy atom. The number of carbonyl (C=O) groups is 1. The quantitative estimate of drug-likeness (QED) is 0.269. The van der Waals surface area contributed by atoms with Gasteiger partial charge in [0.15, 0.2) is 5.58 Å². The fraction of sp³-hybridized carbons (Fsp3) is 0.382. The minimum atomic E-state index is -0.184. The van der Waals surface area contributed by atoms with Gasteiger partial charge in [-0.15, -0.1) is 0 Å². The van der Waals surface area contributed by atoms with Gasteiger partial charge in [-0.3, -0.25) is 19.7 Å². The number of furan rings is 1. The standard InChI is InChI=1S/C34H38N4O6/c1-35-18-23-14-21(5-7-30(23)43-26-9-12-42-13-10-26)27-8-11-36-29-17-32(44-33(27)29)28-6-4-22(15-31(28)41-3)34(40)37-24-16-25(20-39)38(2)19-24/h4-8,11,14-15,17-18,24-26,39H,9-10,12-13,16,19-20H2,1-3H3,(H,37,40)/t24-,25+/m1/s1. The van der Waals surface area contributed by atoms with Crippen LogP contribution in [0.2, 0.25) is 0 Å². The lowest BCUT2D eigenvalue weighted by molar-refractivity contribution is 0.0255. The first kappa shape index (κ1) is 29.8. The monoisotopic (exact) mass is 598 g/mol. The van der Waals surface area contributed by atoms with Crippen molar-refractivity contribution in [2.45, 2.75) is 37.5 Å². The molecular weight excluding hydrogens is 560 g/mol. The minimum absolute atomic E-state index is 0.0261. The number of benzene rings is 2. The van der Waals surface area contributed by atoms with Crippen molar-refractivity contribution >= 4 is 23.2 Å². The number of rotatable bonds is 9. The number of amides is 1. The zero-order chi connectivity index (χ0) is 30.6. The van der Waals surface area contributed by atoms with Crippen LogP contribution in [0.4, 0.5) is 0 Å². The zero-order valence-electron chi connectivity index (χ0n) is 25.3. The van der Waals surface area contributed by atoms with E-state index in [0.29, 0.717) is 59.9 Å². The average molecular weight is 599 g/mol. The van der Waals surface area contributed by atoms with Crippen molar-refractivity contribution in [3.8, 4) is 33.9 Å². The molecule has 2 N–H and O–H groups in total. The van der Waals surface area contributed by atoms with Crippen molar-refractivity contribution < 1.29 is 28.5 Å². The molecule has 0 radical (unpaired) electrons. The Balaban J connectivity index is 1.27. The molecule has 0 saturated carbocycles. The maximum absolute atomic E-state index is 13.1. The molecule has 2 saturated heterocycles. The molecule has 1 amide bonds. The van der Waals surface area contributed by atoms with Gasteiger partial charge >= 0.3 is 0 Å². The van der Waals surface area contributed by atoms with E-state index in [-0.39, 0.29) is 30.7 Å². The normalized spacial score (nSPS) is 19.5. The van der Waals surface area contributed by atoms with Crippen molar-refractivity contribution in [2.75, 3.05) is 47.6 Å². The second-order valence-electron chi connectivity index (χ2n) is 11.4. The third-order valence-electron chi connectivity index (χ3n) is 8.43. The molecule has 44 heavy (non-hydrogen) atoms. The minimum Gasteiger partial charge on any atom is -0.496 e. The van der Waals surface area contributed by atoms with Crippen LogP contribution in [-0.4, -0.2) is 92.9 Å². The number of nitrogens with one attached hydrogen (secondary N) is 1. The summed E-state index contributed by atoms with van der Waals surface area (Å²) in [6.45, 7) is 2.18. The maximum Gasteiger partial charge on any atom is 0.251 e. The molecule has 2 aliphatic rings. The van der Waals surface area contributed by atoms with Gasteiger partial charge in [0.1, 0.15) is 28.9 Å². The highest BCUT2D eigenvalue weighted by atomic mass is 16.5. The number of hydrogen-bond acceptors (Lipinski definition) is 9. The molecule has 2 atom stereocenters. The topological polar surface area (TPSA) is 119 Å². The summed E-state index contributed by atoms with van der Waals surface area (Å²) in [5.41, 5.74) is 5.29. The van der Waals surface area contributed by atoms with E-state index >= 15 is 0 Å². The molecule has 0 spiro atoms. The number of methoxy groups -OCH3 is 1. The molecule has 0 unspecified atom stereocenters. The van der Waals surface area contributed by atoms with E-state index in [1.54, 1.807) is 32.5 Å². The van der Waals surface area contributed by atoms with Crippen LogP contribution >= 0.6 is 0 Å².